The maximum atomic E-state index is 10.8. The van der Waals surface area contributed by atoms with Gasteiger partial charge in [-0.2, -0.15) is 0 Å². The summed E-state index contributed by atoms with van der Waals surface area (Å²) in [5.41, 5.74) is 0.581. The van der Waals surface area contributed by atoms with Gasteiger partial charge in [0.25, 0.3) is 0 Å². The number of hydrogen-bond acceptors (Lipinski definition) is 2. The van der Waals surface area contributed by atoms with Crippen LogP contribution in [0.25, 0.3) is 0 Å². The number of unbranched alkanes of at least 4 members (excludes halogenated alkanes) is 1. The van der Waals surface area contributed by atoms with Crippen molar-refractivity contribution in [1.82, 2.24) is 4.98 Å². The van der Waals surface area contributed by atoms with E-state index in [4.69, 9.17) is 12.2 Å². The fraction of sp³-hybridized carbons (Fsp3) is 0.600. The van der Waals surface area contributed by atoms with Crippen molar-refractivity contribution in [3.63, 3.8) is 0 Å². The molecule has 3 heteroatoms. The van der Waals surface area contributed by atoms with E-state index >= 15 is 0 Å². The second-order valence-corrected chi connectivity index (χ2v) is 3.38. The number of hydrogen-bond donors (Lipinski definition) is 1. The van der Waals surface area contributed by atoms with E-state index in [-0.39, 0.29) is 5.78 Å². The van der Waals surface area contributed by atoms with E-state index in [1.165, 1.54) is 19.8 Å². The number of pyridine rings is 1. The predicted molar refractivity (Wildman–Crippen MR) is 84.9 cm³/mol. The van der Waals surface area contributed by atoms with Gasteiger partial charge in [0.1, 0.15) is 4.64 Å². The Morgan fingerprint density at radius 1 is 1.17 bits per heavy atom. The van der Waals surface area contributed by atoms with Gasteiger partial charge in [-0.05, 0) is 19.1 Å². The van der Waals surface area contributed by atoms with Crippen molar-refractivity contribution in [3.05, 3.63) is 28.5 Å². The Balaban J connectivity index is -0.000000238. The van der Waals surface area contributed by atoms with E-state index in [9.17, 15) is 4.79 Å². The number of carbonyl (C=O) groups is 1. The maximum Gasteiger partial charge on any atom is 0.162 e. The molecule has 0 saturated heterocycles. The minimum Gasteiger partial charge on any atom is -0.352 e. The zero-order valence-corrected chi connectivity index (χ0v) is 13.8. The molecular weight excluding hydrogens is 242 g/mol. The van der Waals surface area contributed by atoms with Crippen molar-refractivity contribution in [2.75, 3.05) is 0 Å². The number of H-pyrrole nitrogens is 1. The molecule has 0 radical (unpaired) electrons. The molecule has 18 heavy (non-hydrogen) atoms. The Kier molecular flexibility index (Phi) is 22.7. The third-order valence-electron chi connectivity index (χ3n) is 1.70. The monoisotopic (exact) mass is 271 g/mol. The predicted octanol–water partition coefficient (Wildman–Crippen LogP) is 5.81. The Bertz CT molecular complexity index is 329. The summed E-state index contributed by atoms with van der Waals surface area (Å²) in [6.07, 6.45) is 4.34. The van der Waals surface area contributed by atoms with Crippen molar-refractivity contribution in [3.8, 4) is 0 Å². The van der Waals surface area contributed by atoms with Crippen molar-refractivity contribution in [2.45, 2.75) is 61.3 Å². The first-order valence-electron chi connectivity index (χ1n) is 6.82. The molecule has 0 unspecified atom stereocenters. The molecule has 0 aliphatic heterocycles. The van der Waals surface area contributed by atoms with Crippen LogP contribution in [-0.4, -0.2) is 10.8 Å². The van der Waals surface area contributed by atoms with Crippen molar-refractivity contribution in [1.29, 1.82) is 0 Å². The molecule has 1 heterocycles. The average Bonchev–Trinajstić information content (AvgIpc) is 2.44. The summed E-state index contributed by atoms with van der Waals surface area (Å²) >= 11 is 4.85. The Morgan fingerprint density at radius 3 is 1.83 bits per heavy atom. The first kappa shape index (κ1) is 22.2. The highest BCUT2D eigenvalue weighted by Gasteiger charge is 1.98. The number of Topliss-reactive ketones (excluding diaryl/α,β-unsaturated/α-hetero) is 1. The minimum absolute atomic E-state index is 0.00171. The van der Waals surface area contributed by atoms with E-state index in [1.54, 1.807) is 18.3 Å². The van der Waals surface area contributed by atoms with Gasteiger partial charge in [-0.15, -0.1) is 0 Å². The first-order valence-corrected chi connectivity index (χ1v) is 7.22. The fourth-order valence-electron chi connectivity index (χ4n) is 0.699. The summed E-state index contributed by atoms with van der Waals surface area (Å²) in [7, 11) is 0. The number of ketones is 1. The van der Waals surface area contributed by atoms with Crippen LogP contribution in [0.15, 0.2) is 18.3 Å². The van der Waals surface area contributed by atoms with Gasteiger partial charge in [-0.25, -0.2) is 0 Å². The lowest BCUT2D eigenvalue weighted by atomic mass is 10.2. The molecule has 1 aromatic rings. The summed E-state index contributed by atoms with van der Waals surface area (Å²) in [4.78, 5) is 13.6. The third-order valence-corrected chi connectivity index (χ3v) is 2.04. The molecule has 2 nitrogen and oxygen atoms in total. The van der Waals surface area contributed by atoms with Gasteiger partial charge in [0.15, 0.2) is 5.78 Å². The molecule has 0 saturated carbocycles. The lowest BCUT2D eigenvalue weighted by Crippen LogP contribution is -1.93. The summed E-state index contributed by atoms with van der Waals surface area (Å²) in [6, 6.07) is 3.47. The molecule has 0 fully saturated rings. The van der Waals surface area contributed by atoms with Crippen LogP contribution in [-0.2, 0) is 0 Å². The van der Waals surface area contributed by atoms with Crippen LogP contribution >= 0.6 is 12.2 Å². The van der Waals surface area contributed by atoms with Gasteiger partial charge in [-0.1, -0.05) is 66.6 Å². The molecule has 1 N–H and O–H groups in total. The van der Waals surface area contributed by atoms with E-state index in [0.717, 1.165) is 0 Å². The Hall–Kier alpha value is -0.960. The third kappa shape index (κ3) is 13.1. The SMILES string of the molecule is CC.CC.CC(=O)c1ccc[nH]c1=S.CCCC. The van der Waals surface area contributed by atoms with Crippen LogP contribution in [0, 0.1) is 4.64 Å². The van der Waals surface area contributed by atoms with Crippen LogP contribution in [0.1, 0.15) is 71.7 Å². The summed E-state index contributed by atoms with van der Waals surface area (Å²) < 4.78 is 0.509. The smallest absolute Gasteiger partial charge is 0.162 e. The molecule has 0 aliphatic rings. The highest BCUT2D eigenvalue weighted by Crippen LogP contribution is 1.99. The quantitative estimate of drug-likeness (QED) is 0.544. The minimum atomic E-state index is 0.00171. The van der Waals surface area contributed by atoms with Crippen molar-refractivity contribution in [2.24, 2.45) is 0 Å². The molecule has 0 amide bonds. The van der Waals surface area contributed by atoms with Crippen molar-refractivity contribution < 1.29 is 4.79 Å². The molecule has 1 aromatic heterocycles. The lowest BCUT2D eigenvalue weighted by Gasteiger charge is -1.91. The topological polar surface area (TPSA) is 32.9 Å². The summed E-state index contributed by atoms with van der Waals surface area (Å²) in [5.74, 6) is 0.00171. The molecule has 0 bridgehead atoms. The van der Waals surface area contributed by atoms with Crippen LogP contribution < -0.4 is 0 Å². The normalized spacial score (nSPS) is 7.50. The van der Waals surface area contributed by atoms with Gasteiger partial charge in [-0.3, -0.25) is 4.79 Å². The Morgan fingerprint density at radius 2 is 1.61 bits per heavy atom. The number of aromatic nitrogens is 1. The molecule has 0 spiro atoms. The van der Waals surface area contributed by atoms with Crippen LogP contribution in [0.5, 0.6) is 0 Å². The van der Waals surface area contributed by atoms with Crippen LogP contribution in [0.2, 0.25) is 0 Å². The fourth-order valence-corrected chi connectivity index (χ4v) is 0.979. The number of nitrogens with one attached hydrogen (secondary N) is 1. The molecule has 1 rings (SSSR count). The average molecular weight is 271 g/mol. The van der Waals surface area contributed by atoms with E-state index in [1.807, 2.05) is 27.7 Å². The second kappa shape index (κ2) is 18.4. The van der Waals surface area contributed by atoms with Crippen LogP contribution in [0.3, 0.4) is 0 Å². The number of carbonyl (C=O) groups excluding carboxylic acids is 1. The van der Waals surface area contributed by atoms with E-state index in [2.05, 4.69) is 18.8 Å². The standard InChI is InChI=1S/C7H7NOS.C4H10.2C2H6/c1-5(9)6-3-2-4-8-7(6)10;1-3-4-2;2*1-2/h2-4H,1H3,(H,8,10);3-4H2,1-2H3;2*1-2H3. The largest absolute Gasteiger partial charge is 0.352 e. The highest BCUT2D eigenvalue weighted by atomic mass is 32.1. The zero-order valence-electron chi connectivity index (χ0n) is 13.0. The van der Waals surface area contributed by atoms with E-state index in [0.29, 0.717) is 10.2 Å². The van der Waals surface area contributed by atoms with Gasteiger partial charge in [0.2, 0.25) is 0 Å². The number of aromatic amines is 1. The molecule has 0 aliphatic carbocycles. The van der Waals surface area contributed by atoms with Gasteiger partial charge < -0.3 is 4.98 Å². The molecule has 0 aromatic carbocycles. The van der Waals surface area contributed by atoms with E-state index < -0.39 is 0 Å². The summed E-state index contributed by atoms with van der Waals surface area (Å²) in [6.45, 7) is 13.9. The zero-order chi connectivity index (χ0) is 15.0. The van der Waals surface area contributed by atoms with Gasteiger partial charge in [0, 0.05) is 6.20 Å². The molecule has 0 atom stereocenters. The van der Waals surface area contributed by atoms with Crippen LogP contribution in [0.4, 0.5) is 0 Å². The second-order valence-electron chi connectivity index (χ2n) is 2.97. The first-order chi connectivity index (χ1) is 8.63. The molecular formula is C15H29NOS. The summed E-state index contributed by atoms with van der Waals surface area (Å²) in [5, 5.41) is 0. The Labute approximate surface area is 118 Å². The lowest BCUT2D eigenvalue weighted by molar-refractivity contribution is 0.101. The molecule has 106 valence electrons. The highest BCUT2D eigenvalue weighted by molar-refractivity contribution is 7.71. The number of rotatable bonds is 2. The van der Waals surface area contributed by atoms with Gasteiger partial charge >= 0.3 is 0 Å². The van der Waals surface area contributed by atoms with Gasteiger partial charge in [0.05, 0.1) is 5.56 Å². The van der Waals surface area contributed by atoms with Crippen molar-refractivity contribution >= 4 is 18.0 Å². The maximum absolute atomic E-state index is 10.8.